The number of alkyl halides is 1. The van der Waals surface area contributed by atoms with Crippen molar-refractivity contribution in [3.05, 3.63) is 53.2 Å². The number of hydrogen-bond acceptors (Lipinski definition) is 2. The van der Waals surface area contributed by atoms with Crippen molar-refractivity contribution >= 4 is 34.4 Å². The van der Waals surface area contributed by atoms with Gasteiger partial charge in [-0.05, 0) is 37.3 Å². The second kappa shape index (κ2) is 5.04. The van der Waals surface area contributed by atoms with Crippen molar-refractivity contribution in [2.45, 2.75) is 12.3 Å². The van der Waals surface area contributed by atoms with Crippen LogP contribution in [-0.2, 0) is 0 Å². The van der Waals surface area contributed by atoms with Gasteiger partial charge in [0.2, 0.25) is 0 Å². The van der Waals surface area contributed by atoms with Crippen LogP contribution >= 0.6 is 23.2 Å². The van der Waals surface area contributed by atoms with Gasteiger partial charge in [-0.15, -0.1) is 11.6 Å². The van der Waals surface area contributed by atoms with Crippen LogP contribution in [0.25, 0.3) is 16.9 Å². The molecule has 0 fully saturated rings. The minimum atomic E-state index is -0.379. The maximum absolute atomic E-state index is 13.5. The highest BCUT2D eigenvalue weighted by Gasteiger charge is 2.19. The molecule has 6 heteroatoms. The zero-order valence-corrected chi connectivity index (χ0v) is 12.0. The third kappa shape index (κ3) is 2.15. The van der Waals surface area contributed by atoms with E-state index in [1.54, 1.807) is 23.8 Å². The Labute approximate surface area is 125 Å². The van der Waals surface area contributed by atoms with Gasteiger partial charge in [0, 0.05) is 6.20 Å². The number of benzene rings is 1. The standard InChI is InChI=1S/C14H10Cl2FN3/c1-8(15)13-19-11-3-2-6-18-14(11)20(13)12-7-9(17)4-5-10(12)16/h2-8H,1H3. The molecule has 0 aliphatic carbocycles. The quantitative estimate of drug-likeness (QED) is 0.652. The Hall–Kier alpha value is -1.65. The first kappa shape index (κ1) is 13.3. The van der Waals surface area contributed by atoms with Crippen LogP contribution in [0.3, 0.4) is 0 Å². The van der Waals surface area contributed by atoms with Crippen molar-refractivity contribution < 1.29 is 4.39 Å². The Morgan fingerprint density at radius 2 is 2.10 bits per heavy atom. The number of imidazole rings is 1. The number of nitrogens with zero attached hydrogens (tertiary/aromatic N) is 3. The van der Waals surface area contributed by atoms with Gasteiger partial charge in [0.25, 0.3) is 0 Å². The number of fused-ring (bicyclic) bond motifs is 1. The summed E-state index contributed by atoms with van der Waals surface area (Å²) in [7, 11) is 0. The topological polar surface area (TPSA) is 30.7 Å². The smallest absolute Gasteiger partial charge is 0.164 e. The molecule has 0 bridgehead atoms. The van der Waals surface area contributed by atoms with Crippen LogP contribution in [0, 0.1) is 5.82 Å². The van der Waals surface area contributed by atoms with Crippen LogP contribution in [-0.4, -0.2) is 14.5 Å². The van der Waals surface area contributed by atoms with Gasteiger partial charge < -0.3 is 0 Å². The first-order valence-corrected chi connectivity index (χ1v) is 6.82. The van der Waals surface area contributed by atoms with Gasteiger partial charge in [-0.25, -0.2) is 14.4 Å². The van der Waals surface area contributed by atoms with Gasteiger partial charge >= 0.3 is 0 Å². The van der Waals surface area contributed by atoms with Gasteiger partial charge in [0.15, 0.2) is 5.65 Å². The molecule has 0 saturated heterocycles. The Balaban J connectivity index is 2.39. The van der Waals surface area contributed by atoms with Crippen LogP contribution in [0.2, 0.25) is 5.02 Å². The Morgan fingerprint density at radius 3 is 2.85 bits per heavy atom. The molecule has 20 heavy (non-hydrogen) atoms. The molecule has 3 aromatic rings. The van der Waals surface area contributed by atoms with E-state index >= 15 is 0 Å². The predicted molar refractivity (Wildman–Crippen MR) is 78.1 cm³/mol. The minimum Gasteiger partial charge on any atom is -0.278 e. The van der Waals surface area contributed by atoms with Crippen LogP contribution < -0.4 is 0 Å². The van der Waals surface area contributed by atoms with Crippen molar-refractivity contribution in [1.29, 1.82) is 0 Å². The molecule has 0 aliphatic heterocycles. The van der Waals surface area contributed by atoms with Crippen molar-refractivity contribution in [2.24, 2.45) is 0 Å². The molecule has 0 aliphatic rings. The highest BCUT2D eigenvalue weighted by molar-refractivity contribution is 6.32. The van der Waals surface area contributed by atoms with Gasteiger partial charge in [-0.1, -0.05) is 11.6 Å². The molecular formula is C14H10Cl2FN3. The summed E-state index contributed by atoms with van der Waals surface area (Å²) < 4.78 is 15.2. The van der Waals surface area contributed by atoms with Gasteiger partial charge in [0.05, 0.1) is 16.1 Å². The maximum Gasteiger partial charge on any atom is 0.164 e. The molecule has 2 aromatic heterocycles. The Morgan fingerprint density at radius 1 is 1.30 bits per heavy atom. The van der Waals surface area contributed by atoms with Gasteiger partial charge in [-0.2, -0.15) is 0 Å². The van der Waals surface area contributed by atoms with E-state index < -0.39 is 0 Å². The normalized spacial score (nSPS) is 12.8. The second-order valence-corrected chi connectivity index (χ2v) is 5.43. The molecule has 3 nitrogen and oxygen atoms in total. The highest BCUT2D eigenvalue weighted by Crippen LogP contribution is 2.30. The van der Waals surface area contributed by atoms with Crippen molar-refractivity contribution in [3.8, 4) is 5.69 Å². The summed E-state index contributed by atoms with van der Waals surface area (Å²) in [5.74, 6) is 0.197. The lowest BCUT2D eigenvalue weighted by Gasteiger charge is -2.11. The fourth-order valence-electron chi connectivity index (χ4n) is 2.09. The number of halogens is 3. The van der Waals surface area contributed by atoms with Crippen molar-refractivity contribution in [1.82, 2.24) is 14.5 Å². The van der Waals surface area contributed by atoms with Crippen LogP contribution in [0.4, 0.5) is 4.39 Å². The van der Waals surface area contributed by atoms with Crippen molar-refractivity contribution in [2.75, 3.05) is 0 Å². The summed E-state index contributed by atoms with van der Waals surface area (Å²) in [6.45, 7) is 1.80. The lowest BCUT2D eigenvalue weighted by molar-refractivity contribution is 0.626. The minimum absolute atomic E-state index is 0.358. The number of pyridine rings is 1. The van der Waals surface area contributed by atoms with E-state index in [0.29, 0.717) is 27.7 Å². The van der Waals surface area contributed by atoms with Crippen molar-refractivity contribution in [3.63, 3.8) is 0 Å². The Kier molecular flexibility index (Phi) is 3.36. The van der Waals surface area contributed by atoms with E-state index in [1.807, 2.05) is 6.07 Å². The molecular weight excluding hydrogens is 300 g/mol. The fourth-order valence-corrected chi connectivity index (χ4v) is 2.44. The van der Waals surface area contributed by atoms with Crippen LogP contribution in [0.15, 0.2) is 36.5 Å². The molecule has 1 atom stereocenters. The maximum atomic E-state index is 13.5. The van der Waals surface area contributed by atoms with E-state index in [9.17, 15) is 4.39 Å². The van der Waals surface area contributed by atoms with E-state index in [4.69, 9.17) is 23.2 Å². The summed E-state index contributed by atoms with van der Waals surface area (Å²) in [6.07, 6.45) is 1.65. The number of rotatable bonds is 2. The summed E-state index contributed by atoms with van der Waals surface area (Å²) >= 11 is 12.4. The Bertz CT molecular complexity index is 783. The molecule has 0 radical (unpaired) electrons. The number of aromatic nitrogens is 3. The lowest BCUT2D eigenvalue weighted by atomic mass is 10.3. The second-order valence-electron chi connectivity index (χ2n) is 4.36. The summed E-state index contributed by atoms with van der Waals surface area (Å²) in [4.78, 5) is 8.74. The molecule has 2 heterocycles. The molecule has 1 aromatic carbocycles. The van der Waals surface area contributed by atoms with E-state index in [2.05, 4.69) is 9.97 Å². The summed E-state index contributed by atoms with van der Waals surface area (Å²) in [6, 6.07) is 7.77. The lowest BCUT2D eigenvalue weighted by Crippen LogP contribution is -2.03. The molecule has 102 valence electrons. The van der Waals surface area contributed by atoms with Gasteiger partial charge in [0.1, 0.15) is 17.2 Å². The zero-order chi connectivity index (χ0) is 14.3. The van der Waals surface area contributed by atoms with E-state index in [-0.39, 0.29) is 11.2 Å². The molecule has 1 unspecified atom stereocenters. The summed E-state index contributed by atoms with van der Waals surface area (Å²) in [5.41, 5.74) is 1.77. The largest absolute Gasteiger partial charge is 0.278 e. The third-order valence-electron chi connectivity index (χ3n) is 2.95. The fraction of sp³-hybridized carbons (Fsp3) is 0.143. The van der Waals surface area contributed by atoms with Crippen LogP contribution in [0.1, 0.15) is 18.1 Å². The molecule has 0 amide bonds. The average Bonchev–Trinajstić information content (AvgIpc) is 2.81. The molecule has 3 rings (SSSR count). The molecule has 0 spiro atoms. The number of hydrogen-bond donors (Lipinski definition) is 0. The highest BCUT2D eigenvalue weighted by atomic mass is 35.5. The predicted octanol–water partition coefficient (Wildman–Crippen LogP) is 4.51. The van der Waals surface area contributed by atoms with Crippen LogP contribution in [0.5, 0.6) is 0 Å². The molecule has 0 N–H and O–H groups in total. The molecule has 0 saturated carbocycles. The monoisotopic (exact) mass is 309 g/mol. The summed E-state index contributed by atoms with van der Waals surface area (Å²) in [5, 5.41) is 0.0541. The van der Waals surface area contributed by atoms with E-state index in [1.165, 1.54) is 18.2 Å². The first-order valence-electron chi connectivity index (χ1n) is 6.01. The average molecular weight is 310 g/mol. The SMILES string of the molecule is CC(Cl)c1nc2cccnc2n1-c1cc(F)ccc1Cl. The zero-order valence-electron chi connectivity index (χ0n) is 10.5. The third-order valence-corrected chi connectivity index (χ3v) is 3.46. The van der Waals surface area contributed by atoms with E-state index in [0.717, 1.165) is 0 Å². The first-order chi connectivity index (χ1) is 9.58. The van der Waals surface area contributed by atoms with Gasteiger partial charge in [-0.3, -0.25) is 4.57 Å².